The number of nitrogens with one attached hydrogen (secondary N) is 1. The van der Waals surface area contributed by atoms with E-state index in [0.717, 1.165) is 23.0 Å². The van der Waals surface area contributed by atoms with Gasteiger partial charge in [-0.2, -0.15) is 10.4 Å². The lowest BCUT2D eigenvalue weighted by Crippen LogP contribution is -2.68. The lowest BCUT2D eigenvalue weighted by molar-refractivity contribution is -0.162. The number of halogens is 1. The number of likely N-dealkylation sites (tertiary alicyclic amines) is 2. The number of aromatic nitrogens is 5. The van der Waals surface area contributed by atoms with E-state index in [1.807, 2.05) is 37.7 Å². The van der Waals surface area contributed by atoms with Crippen LogP contribution in [0.3, 0.4) is 0 Å². The summed E-state index contributed by atoms with van der Waals surface area (Å²) < 4.78 is 18.6. The third kappa shape index (κ3) is 4.27. The van der Waals surface area contributed by atoms with E-state index in [1.54, 1.807) is 15.6 Å². The number of nitrogens with zero attached hydrogens (tertiary/aromatic N) is 8. The number of amides is 2. The molecule has 2 fully saturated rings. The standard InChI is InChI=1S/C26H30FN9O2/c1-5-22(37)34-14-26(27,15-34)25(38)33-8-6-20(7-9-33)36-17(4)23(31-32-36)18-10-21(30-16(2)3)24-19(11-28)12-29-35(24)13-18/h5,10,12-13,16,20,30H,1,6-9,14-15H2,2-4H3. The number of carbonyl (C=O) groups is 2. The van der Waals surface area contributed by atoms with Gasteiger partial charge in [-0.05, 0) is 45.8 Å². The van der Waals surface area contributed by atoms with Crippen molar-refractivity contribution in [1.29, 1.82) is 5.26 Å². The van der Waals surface area contributed by atoms with Gasteiger partial charge in [-0.25, -0.2) is 13.6 Å². The quantitative estimate of drug-likeness (QED) is 0.496. The lowest BCUT2D eigenvalue weighted by atomic mass is 9.92. The van der Waals surface area contributed by atoms with Crippen LogP contribution in [0.4, 0.5) is 10.1 Å². The summed E-state index contributed by atoms with van der Waals surface area (Å²) in [7, 11) is 0. The summed E-state index contributed by atoms with van der Waals surface area (Å²) >= 11 is 0. The number of hydrogen-bond donors (Lipinski definition) is 1. The van der Waals surface area contributed by atoms with E-state index in [2.05, 4.69) is 33.4 Å². The first-order valence-corrected chi connectivity index (χ1v) is 12.6. The number of alkyl halides is 1. The SMILES string of the molecule is C=CC(=O)N1CC(F)(C(=O)N2CCC(n3nnc(-c4cc(NC(C)C)c5c(C#N)cnn5c4)c3C)CC2)C1. The maximum absolute atomic E-state index is 15.1. The largest absolute Gasteiger partial charge is 0.381 e. The minimum absolute atomic E-state index is 0.0166. The van der Waals surface area contributed by atoms with Gasteiger partial charge in [0.2, 0.25) is 11.6 Å². The number of fused-ring (bicyclic) bond motifs is 1. The molecule has 0 saturated carbocycles. The molecule has 2 amide bonds. The third-order valence-corrected chi connectivity index (χ3v) is 7.23. The molecule has 38 heavy (non-hydrogen) atoms. The zero-order chi connectivity index (χ0) is 27.2. The molecular formula is C26H30FN9O2. The molecular weight excluding hydrogens is 489 g/mol. The number of hydrogen-bond acceptors (Lipinski definition) is 7. The highest BCUT2D eigenvalue weighted by molar-refractivity contribution is 5.93. The summed E-state index contributed by atoms with van der Waals surface area (Å²) in [6.07, 6.45) is 5.74. The Morgan fingerprint density at radius 2 is 2.00 bits per heavy atom. The van der Waals surface area contributed by atoms with Crippen LogP contribution in [0.2, 0.25) is 0 Å². The summed E-state index contributed by atoms with van der Waals surface area (Å²) in [6, 6.07) is 4.31. The zero-order valence-corrected chi connectivity index (χ0v) is 21.7. The Bertz CT molecular complexity index is 1450. The molecule has 0 aliphatic carbocycles. The summed E-state index contributed by atoms with van der Waals surface area (Å²) in [5.74, 6) is -0.930. The Kier molecular flexibility index (Phi) is 6.38. The van der Waals surface area contributed by atoms with E-state index in [1.165, 1.54) is 4.90 Å². The molecule has 2 saturated heterocycles. The average molecular weight is 520 g/mol. The van der Waals surface area contributed by atoms with E-state index in [-0.39, 0.29) is 31.1 Å². The highest BCUT2D eigenvalue weighted by atomic mass is 19.1. The Balaban J connectivity index is 1.32. The van der Waals surface area contributed by atoms with Crippen LogP contribution in [0.1, 0.15) is 44.0 Å². The van der Waals surface area contributed by atoms with Gasteiger partial charge < -0.3 is 15.1 Å². The van der Waals surface area contributed by atoms with Crippen LogP contribution in [0.15, 0.2) is 31.1 Å². The molecule has 12 heteroatoms. The van der Waals surface area contributed by atoms with Crippen molar-refractivity contribution >= 4 is 23.0 Å². The molecule has 0 bridgehead atoms. The second kappa shape index (κ2) is 9.55. The molecule has 1 N–H and O–H groups in total. The van der Waals surface area contributed by atoms with Gasteiger partial charge in [0.15, 0.2) is 0 Å². The molecule has 3 aromatic heterocycles. The predicted molar refractivity (Wildman–Crippen MR) is 138 cm³/mol. The normalized spacial score (nSPS) is 17.4. The molecule has 0 spiro atoms. The Morgan fingerprint density at radius 3 is 2.63 bits per heavy atom. The van der Waals surface area contributed by atoms with E-state index >= 15 is 4.39 Å². The fourth-order valence-corrected chi connectivity index (χ4v) is 5.28. The van der Waals surface area contributed by atoms with Gasteiger partial charge in [0.25, 0.3) is 5.91 Å². The van der Waals surface area contributed by atoms with Crippen molar-refractivity contribution in [2.45, 2.75) is 51.4 Å². The second-order valence-electron chi connectivity index (χ2n) is 10.3. The fourth-order valence-electron chi connectivity index (χ4n) is 5.28. The Morgan fingerprint density at radius 1 is 1.29 bits per heavy atom. The monoisotopic (exact) mass is 519 g/mol. The van der Waals surface area contributed by atoms with Gasteiger partial charge >= 0.3 is 0 Å². The first-order chi connectivity index (χ1) is 18.1. The molecule has 11 nitrogen and oxygen atoms in total. The minimum atomic E-state index is -2.03. The van der Waals surface area contributed by atoms with Gasteiger partial charge in [-0.3, -0.25) is 9.59 Å². The van der Waals surface area contributed by atoms with Crippen LogP contribution < -0.4 is 5.32 Å². The van der Waals surface area contributed by atoms with Crippen molar-refractivity contribution in [3.63, 3.8) is 0 Å². The molecule has 5 rings (SSSR count). The van der Waals surface area contributed by atoms with Gasteiger partial charge in [0.1, 0.15) is 17.3 Å². The van der Waals surface area contributed by atoms with Gasteiger partial charge in [0, 0.05) is 30.9 Å². The molecule has 2 aliphatic rings. The molecule has 0 atom stereocenters. The molecule has 0 aromatic carbocycles. The number of piperidine rings is 1. The number of nitriles is 1. The van der Waals surface area contributed by atoms with Crippen molar-refractivity contribution in [3.05, 3.63) is 42.4 Å². The van der Waals surface area contributed by atoms with E-state index in [4.69, 9.17) is 0 Å². The van der Waals surface area contributed by atoms with Gasteiger partial charge in [0.05, 0.1) is 42.3 Å². The van der Waals surface area contributed by atoms with Crippen molar-refractivity contribution in [1.82, 2.24) is 34.4 Å². The smallest absolute Gasteiger partial charge is 0.264 e. The highest BCUT2D eigenvalue weighted by Crippen LogP contribution is 2.33. The first-order valence-electron chi connectivity index (χ1n) is 12.6. The van der Waals surface area contributed by atoms with E-state index in [9.17, 15) is 14.9 Å². The van der Waals surface area contributed by atoms with Gasteiger partial charge in [-0.15, -0.1) is 5.10 Å². The number of anilines is 1. The molecule has 3 aromatic rings. The highest BCUT2D eigenvalue weighted by Gasteiger charge is 2.53. The van der Waals surface area contributed by atoms with Crippen molar-refractivity contribution in [2.24, 2.45) is 0 Å². The summed E-state index contributed by atoms with van der Waals surface area (Å²) in [6.45, 7) is 9.74. The second-order valence-corrected chi connectivity index (χ2v) is 10.3. The number of carbonyl (C=O) groups excluding carboxylic acids is 2. The van der Waals surface area contributed by atoms with Crippen LogP contribution in [0, 0.1) is 18.3 Å². The summed E-state index contributed by atoms with van der Waals surface area (Å²) in [4.78, 5) is 27.3. The van der Waals surface area contributed by atoms with Crippen LogP contribution in [0.5, 0.6) is 0 Å². The molecule has 0 unspecified atom stereocenters. The average Bonchev–Trinajstić information content (AvgIpc) is 3.49. The molecule has 198 valence electrons. The minimum Gasteiger partial charge on any atom is -0.381 e. The zero-order valence-electron chi connectivity index (χ0n) is 21.7. The van der Waals surface area contributed by atoms with E-state index in [0.29, 0.717) is 42.7 Å². The van der Waals surface area contributed by atoms with Crippen LogP contribution in [-0.2, 0) is 9.59 Å². The van der Waals surface area contributed by atoms with Crippen molar-refractivity contribution in [2.75, 3.05) is 31.5 Å². The lowest BCUT2D eigenvalue weighted by Gasteiger charge is -2.45. The molecule has 5 heterocycles. The number of pyridine rings is 1. The maximum Gasteiger partial charge on any atom is 0.264 e. The van der Waals surface area contributed by atoms with Crippen LogP contribution in [0.25, 0.3) is 16.8 Å². The maximum atomic E-state index is 15.1. The van der Waals surface area contributed by atoms with Crippen molar-refractivity contribution < 1.29 is 14.0 Å². The summed E-state index contributed by atoms with van der Waals surface area (Å²) in [5, 5.41) is 26.1. The third-order valence-electron chi connectivity index (χ3n) is 7.23. The number of rotatable bonds is 6. The molecule has 2 aliphatic heterocycles. The van der Waals surface area contributed by atoms with E-state index < -0.39 is 11.6 Å². The van der Waals surface area contributed by atoms with Crippen LogP contribution >= 0.6 is 0 Å². The topological polar surface area (TPSA) is 124 Å². The van der Waals surface area contributed by atoms with Gasteiger partial charge in [-0.1, -0.05) is 11.8 Å². The van der Waals surface area contributed by atoms with Crippen molar-refractivity contribution in [3.8, 4) is 17.3 Å². The summed E-state index contributed by atoms with van der Waals surface area (Å²) in [5.41, 5.74) is 2.34. The fraction of sp³-hybridized carbons (Fsp3) is 0.462. The van der Waals surface area contributed by atoms with Crippen LogP contribution in [-0.4, -0.2) is 84.1 Å². The molecule has 0 radical (unpaired) electrons. The Labute approximate surface area is 219 Å². The predicted octanol–water partition coefficient (Wildman–Crippen LogP) is 2.49. The Hall–Kier alpha value is -4.27. The first kappa shape index (κ1) is 25.4.